The summed E-state index contributed by atoms with van der Waals surface area (Å²) in [5.74, 6) is 1.05. The number of hydrogen-bond donors (Lipinski definition) is 1. The second-order valence-electron chi connectivity index (χ2n) is 7.80. The first-order valence-electron chi connectivity index (χ1n) is 10.1. The van der Waals surface area contributed by atoms with Gasteiger partial charge in [-0.05, 0) is 55.4 Å². The molecule has 1 saturated carbocycles. The van der Waals surface area contributed by atoms with Crippen molar-refractivity contribution in [1.29, 1.82) is 0 Å². The van der Waals surface area contributed by atoms with E-state index in [1.165, 1.54) is 12.1 Å². The van der Waals surface area contributed by atoms with Crippen molar-refractivity contribution < 1.29 is 18.0 Å². The Morgan fingerprint density at radius 2 is 1.83 bits per heavy atom. The number of rotatable bonds is 5. The molecular formula is C22H23F3N4O. The maximum absolute atomic E-state index is 13.2. The highest BCUT2D eigenvalue weighted by atomic mass is 19.4. The molecule has 2 aromatic rings. The van der Waals surface area contributed by atoms with Gasteiger partial charge >= 0.3 is 6.18 Å². The van der Waals surface area contributed by atoms with E-state index in [1.807, 2.05) is 4.90 Å². The molecule has 5 nitrogen and oxygen atoms in total. The molecule has 0 radical (unpaired) electrons. The average Bonchev–Trinajstić information content (AvgIpc) is 3.57. The van der Waals surface area contributed by atoms with Crippen LogP contribution in [-0.2, 0) is 6.18 Å². The number of anilines is 1. The maximum Gasteiger partial charge on any atom is 0.416 e. The lowest BCUT2D eigenvalue weighted by atomic mass is 9.98. The number of alkyl halides is 3. The lowest BCUT2D eigenvalue weighted by Crippen LogP contribution is -2.32. The van der Waals surface area contributed by atoms with Crippen molar-refractivity contribution in [2.24, 2.45) is 5.92 Å². The fourth-order valence-electron chi connectivity index (χ4n) is 3.53. The molecule has 0 spiro atoms. The normalized spacial score (nSPS) is 17.0. The van der Waals surface area contributed by atoms with Crippen molar-refractivity contribution in [3.63, 3.8) is 0 Å². The van der Waals surface area contributed by atoms with Crippen molar-refractivity contribution >= 4 is 17.8 Å². The Balaban J connectivity index is 1.36. The number of benzene rings is 1. The van der Waals surface area contributed by atoms with Gasteiger partial charge in [0.1, 0.15) is 0 Å². The summed E-state index contributed by atoms with van der Waals surface area (Å²) in [5, 5.41) is 11.1. The van der Waals surface area contributed by atoms with E-state index in [9.17, 15) is 18.0 Å². The van der Waals surface area contributed by atoms with Crippen LogP contribution in [0.4, 0.5) is 19.0 Å². The molecule has 1 saturated heterocycles. The van der Waals surface area contributed by atoms with E-state index in [1.54, 1.807) is 24.3 Å². The Hall–Kier alpha value is -2.90. The highest BCUT2D eigenvalue weighted by Gasteiger charge is 2.32. The summed E-state index contributed by atoms with van der Waals surface area (Å²) in [6.07, 6.45) is 0.918. The number of halogens is 3. The molecule has 2 aliphatic rings. The molecule has 158 valence electrons. The summed E-state index contributed by atoms with van der Waals surface area (Å²) in [7, 11) is 0. The summed E-state index contributed by atoms with van der Waals surface area (Å²) < 4.78 is 39.6. The van der Waals surface area contributed by atoms with Gasteiger partial charge in [0.2, 0.25) is 0 Å². The van der Waals surface area contributed by atoms with Crippen LogP contribution in [0.5, 0.6) is 0 Å². The van der Waals surface area contributed by atoms with Crippen LogP contribution in [0.2, 0.25) is 0 Å². The van der Waals surface area contributed by atoms with Crippen molar-refractivity contribution in [1.82, 2.24) is 15.5 Å². The van der Waals surface area contributed by atoms with E-state index < -0.39 is 11.7 Å². The number of nitrogens with zero attached hydrogens (tertiary/aromatic N) is 3. The summed E-state index contributed by atoms with van der Waals surface area (Å²) >= 11 is 0. The lowest BCUT2D eigenvalue weighted by Gasteiger charge is -2.29. The van der Waals surface area contributed by atoms with Gasteiger partial charge in [-0.1, -0.05) is 29.8 Å². The SMILES string of the molecule is O=C(NCC1CC1)c1ccc(N2CCC(=Cc3ccccc3C(F)(F)F)CC2)nn1. The molecule has 2 fully saturated rings. The van der Waals surface area contributed by atoms with E-state index in [-0.39, 0.29) is 11.5 Å². The Bertz CT molecular complexity index is 926. The molecule has 2 heterocycles. The largest absolute Gasteiger partial charge is 0.416 e. The summed E-state index contributed by atoms with van der Waals surface area (Å²) in [6.45, 7) is 1.96. The van der Waals surface area contributed by atoms with Gasteiger partial charge in [0, 0.05) is 19.6 Å². The van der Waals surface area contributed by atoms with Crippen LogP contribution in [0.1, 0.15) is 47.3 Å². The minimum atomic E-state index is -4.36. The number of nitrogens with one attached hydrogen (secondary N) is 1. The van der Waals surface area contributed by atoms with E-state index in [0.717, 1.165) is 24.5 Å². The minimum absolute atomic E-state index is 0.204. The predicted octanol–water partition coefficient (Wildman–Crippen LogP) is 4.32. The minimum Gasteiger partial charge on any atom is -0.354 e. The number of hydrogen-bond acceptors (Lipinski definition) is 4. The Kier molecular flexibility index (Phi) is 5.74. The van der Waals surface area contributed by atoms with Gasteiger partial charge in [0.15, 0.2) is 11.5 Å². The molecular weight excluding hydrogens is 393 g/mol. The van der Waals surface area contributed by atoms with Gasteiger partial charge in [-0.25, -0.2) is 0 Å². The van der Waals surface area contributed by atoms with Crippen LogP contribution in [-0.4, -0.2) is 35.7 Å². The van der Waals surface area contributed by atoms with Crippen LogP contribution < -0.4 is 10.2 Å². The Morgan fingerprint density at radius 3 is 2.47 bits per heavy atom. The first-order chi connectivity index (χ1) is 14.4. The van der Waals surface area contributed by atoms with Gasteiger partial charge in [-0.15, -0.1) is 10.2 Å². The van der Waals surface area contributed by atoms with E-state index in [4.69, 9.17) is 0 Å². The lowest BCUT2D eigenvalue weighted by molar-refractivity contribution is -0.137. The molecule has 30 heavy (non-hydrogen) atoms. The molecule has 1 N–H and O–H groups in total. The predicted molar refractivity (Wildman–Crippen MR) is 108 cm³/mol. The molecule has 1 aromatic heterocycles. The second kappa shape index (κ2) is 8.45. The van der Waals surface area contributed by atoms with Gasteiger partial charge < -0.3 is 10.2 Å². The first kappa shape index (κ1) is 20.4. The number of aromatic nitrogens is 2. The van der Waals surface area contributed by atoms with Crippen molar-refractivity contribution in [2.75, 3.05) is 24.5 Å². The molecule has 1 aromatic carbocycles. The monoisotopic (exact) mass is 416 g/mol. The van der Waals surface area contributed by atoms with Crippen molar-refractivity contribution in [3.8, 4) is 0 Å². The van der Waals surface area contributed by atoms with Gasteiger partial charge in [-0.3, -0.25) is 4.79 Å². The quantitative estimate of drug-likeness (QED) is 0.789. The Labute approximate surface area is 173 Å². The number of carbonyl (C=O) groups is 1. The maximum atomic E-state index is 13.2. The zero-order chi connectivity index (χ0) is 21.1. The average molecular weight is 416 g/mol. The van der Waals surface area contributed by atoms with E-state index in [2.05, 4.69) is 15.5 Å². The highest BCUT2D eigenvalue weighted by Crippen LogP contribution is 2.34. The standard InChI is InChI=1S/C22H23F3N4O/c23-22(24,25)18-4-2-1-3-17(18)13-15-9-11-29(12-10-15)20-8-7-19(27-28-20)21(30)26-14-16-5-6-16/h1-4,7-8,13,16H,5-6,9-12,14H2,(H,26,30). The zero-order valence-electron chi connectivity index (χ0n) is 16.5. The summed E-state index contributed by atoms with van der Waals surface area (Å²) in [5.41, 5.74) is 0.865. The third-order valence-corrected chi connectivity index (χ3v) is 5.49. The van der Waals surface area contributed by atoms with Gasteiger partial charge in [0.25, 0.3) is 5.91 Å². The number of piperidine rings is 1. The fourth-order valence-corrected chi connectivity index (χ4v) is 3.53. The molecule has 4 rings (SSSR count). The third kappa shape index (κ3) is 4.98. The van der Waals surface area contributed by atoms with Crippen molar-refractivity contribution in [2.45, 2.75) is 31.9 Å². The molecule has 0 bridgehead atoms. The van der Waals surface area contributed by atoms with Crippen LogP contribution in [0, 0.1) is 5.92 Å². The van der Waals surface area contributed by atoms with E-state index in [0.29, 0.717) is 49.9 Å². The van der Waals surface area contributed by atoms with Crippen LogP contribution in [0.25, 0.3) is 6.08 Å². The molecule has 0 unspecified atom stereocenters. The van der Waals surface area contributed by atoms with Gasteiger partial charge in [-0.2, -0.15) is 13.2 Å². The topological polar surface area (TPSA) is 58.1 Å². The molecule has 0 atom stereocenters. The van der Waals surface area contributed by atoms with Gasteiger partial charge in [0.05, 0.1) is 5.56 Å². The summed E-state index contributed by atoms with van der Waals surface area (Å²) in [6, 6.07) is 9.07. The molecule has 1 aliphatic heterocycles. The molecule has 1 amide bonds. The highest BCUT2D eigenvalue weighted by molar-refractivity contribution is 5.92. The molecule has 8 heteroatoms. The fraction of sp³-hybridized carbons (Fsp3) is 0.409. The second-order valence-corrected chi connectivity index (χ2v) is 7.80. The van der Waals surface area contributed by atoms with Crippen LogP contribution in [0.3, 0.4) is 0 Å². The zero-order valence-corrected chi connectivity index (χ0v) is 16.5. The van der Waals surface area contributed by atoms with Crippen LogP contribution in [0.15, 0.2) is 42.0 Å². The third-order valence-electron chi connectivity index (χ3n) is 5.49. The van der Waals surface area contributed by atoms with Crippen molar-refractivity contribution in [3.05, 3.63) is 58.8 Å². The number of amides is 1. The van der Waals surface area contributed by atoms with Crippen LogP contribution >= 0.6 is 0 Å². The summed E-state index contributed by atoms with van der Waals surface area (Å²) in [4.78, 5) is 14.1. The molecule has 1 aliphatic carbocycles. The smallest absolute Gasteiger partial charge is 0.354 e. The Morgan fingerprint density at radius 1 is 1.10 bits per heavy atom. The number of carbonyl (C=O) groups excluding carboxylic acids is 1. The first-order valence-corrected chi connectivity index (χ1v) is 10.1. The van der Waals surface area contributed by atoms with E-state index >= 15 is 0 Å².